The van der Waals surface area contributed by atoms with Gasteiger partial charge in [0.1, 0.15) is 0 Å². The van der Waals surface area contributed by atoms with Gasteiger partial charge in [0.2, 0.25) is 11.8 Å². The third-order valence-corrected chi connectivity index (χ3v) is 6.45. The van der Waals surface area contributed by atoms with Crippen LogP contribution >= 0.6 is 0 Å². The molecule has 0 bridgehead atoms. The van der Waals surface area contributed by atoms with E-state index in [1.807, 2.05) is 18.2 Å². The topological polar surface area (TPSA) is 96.2 Å². The maximum absolute atomic E-state index is 12.3. The van der Waals surface area contributed by atoms with Crippen LogP contribution in [-0.2, 0) is 22.6 Å². The minimum Gasteiger partial charge on any atom is -0.397 e. The summed E-state index contributed by atoms with van der Waals surface area (Å²) in [5, 5.41) is 9.45. The summed E-state index contributed by atoms with van der Waals surface area (Å²) >= 11 is 0. The number of nitrogens with two attached hydrogens (primary N) is 1. The van der Waals surface area contributed by atoms with Crippen LogP contribution in [0.5, 0.6) is 0 Å². The molecule has 0 fully saturated rings. The summed E-state index contributed by atoms with van der Waals surface area (Å²) in [7, 11) is 0. The standard InChI is InChI=1S/C29H34N4O2/c30-26-11-7-8-12-27(26)33-29(35)14-6-2-5-13-28(34)32-20-25-18-23-16-15-22(17-24(23)19-31-25)21-9-3-1-4-10-21/h1,3-4,7-12,15-17,25,31H,2,5-6,13-14,18-20,30H2,(H,32,34)(H,33,35). The Balaban J connectivity index is 1.11. The minimum atomic E-state index is -0.0492. The smallest absolute Gasteiger partial charge is 0.224 e. The van der Waals surface area contributed by atoms with Crippen molar-refractivity contribution in [3.63, 3.8) is 0 Å². The molecule has 5 N–H and O–H groups in total. The van der Waals surface area contributed by atoms with Crippen molar-refractivity contribution in [2.24, 2.45) is 0 Å². The van der Waals surface area contributed by atoms with Crippen LogP contribution < -0.4 is 21.7 Å². The molecule has 1 unspecified atom stereocenters. The van der Waals surface area contributed by atoms with Gasteiger partial charge < -0.3 is 21.7 Å². The number of hydrogen-bond donors (Lipinski definition) is 4. The molecule has 3 aromatic carbocycles. The van der Waals surface area contributed by atoms with E-state index >= 15 is 0 Å². The van der Waals surface area contributed by atoms with Crippen molar-refractivity contribution in [2.75, 3.05) is 17.6 Å². The number of anilines is 2. The number of nitrogen functional groups attached to an aromatic ring is 1. The Bertz CT molecular complexity index is 1150. The van der Waals surface area contributed by atoms with Gasteiger partial charge in [0.15, 0.2) is 0 Å². The van der Waals surface area contributed by atoms with Crippen molar-refractivity contribution < 1.29 is 9.59 Å². The van der Waals surface area contributed by atoms with Gasteiger partial charge in [0, 0.05) is 32.0 Å². The molecule has 1 atom stereocenters. The van der Waals surface area contributed by atoms with Crippen LogP contribution in [0.2, 0.25) is 0 Å². The van der Waals surface area contributed by atoms with Crippen LogP contribution in [0.4, 0.5) is 11.4 Å². The number of hydrogen-bond acceptors (Lipinski definition) is 4. The summed E-state index contributed by atoms with van der Waals surface area (Å²) in [5.74, 6) is 0.0189. The monoisotopic (exact) mass is 470 g/mol. The second-order valence-electron chi connectivity index (χ2n) is 9.13. The molecule has 0 radical (unpaired) electrons. The van der Waals surface area contributed by atoms with Crippen molar-refractivity contribution in [3.05, 3.63) is 83.9 Å². The molecule has 6 nitrogen and oxygen atoms in total. The van der Waals surface area contributed by atoms with E-state index in [9.17, 15) is 9.59 Å². The average Bonchev–Trinajstić information content (AvgIpc) is 2.88. The zero-order chi connectivity index (χ0) is 24.5. The number of carbonyl (C=O) groups is 2. The van der Waals surface area contributed by atoms with Gasteiger partial charge >= 0.3 is 0 Å². The molecule has 35 heavy (non-hydrogen) atoms. The van der Waals surface area contributed by atoms with Gasteiger partial charge in [0.05, 0.1) is 11.4 Å². The highest BCUT2D eigenvalue weighted by Gasteiger charge is 2.19. The number of benzene rings is 3. The molecule has 0 aliphatic carbocycles. The highest BCUT2D eigenvalue weighted by molar-refractivity contribution is 5.93. The van der Waals surface area contributed by atoms with Crippen LogP contribution in [0.3, 0.4) is 0 Å². The van der Waals surface area contributed by atoms with Gasteiger partial charge in [-0.05, 0) is 59.7 Å². The van der Waals surface area contributed by atoms with E-state index in [-0.39, 0.29) is 17.9 Å². The van der Waals surface area contributed by atoms with E-state index in [1.165, 1.54) is 22.3 Å². The molecule has 2 amide bonds. The summed E-state index contributed by atoms with van der Waals surface area (Å²) in [6, 6.07) is 24.6. The highest BCUT2D eigenvalue weighted by Crippen LogP contribution is 2.25. The van der Waals surface area contributed by atoms with Crippen LogP contribution in [0, 0.1) is 0 Å². The molecular formula is C29H34N4O2. The van der Waals surface area contributed by atoms with E-state index in [4.69, 9.17) is 5.73 Å². The maximum Gasteiger partial charge on any atom is 0.224 e. The Morgan fingerprint density at radius 3 is 2.37 bits per heavy atom. The summed E-state index contributed by atoms with van der Waals surface area (Å²) in [6.45, 7) is 1.44. The predicted molar refractivity (Wildman–Crippen MR) is 142 cm³/mol. The average molecular weight is 471 g/mol. The van der Waals surface area contributed by atoms with Crippen molar-refractivity contribution in [1.29, 1.82) is 0 Å². The van der Waals surface area contributed by atoms with Crippen molar-refractivity contribution >= 4 is 23.2 Å². The first-order valence-electron chi connectivity index (χ1n) is 12.4. The summed E-state index contributed by atoms with van der Waals surface area (Å²) in [5.41, 5.74) is 12.2. The molecule has 4 rings (SSSR count). The molecule has 1 heterocycles. The Morgan fingerprint density at radius 1 is 0.829 bits per heavy atom. The molecular weight excluding hydrogens is 436 g/mol. The maximum atomic E-state index is 12.3. The molecule has 0 saturated carbocycles. The van der Waals surface area contributed by atoms with Gasteiger partial charge in [-0.15, -0.1) is 0 Å². The number of nitrogens with one attached hydrogen (secondary N) is 3. The second-order valence-corrected chi connectivity index (χ2v) is 9.13. The van der Waals surface area contributed by atoms with E-state index < -0.39 is 0 Å². The van der Waals surface area contributed by atoms with E-state index in [0.29, 0.717) is 30.8 Å². The van der Waals surface area contributed by atoms with E-state index in [1.54, 1.807) is 12.1 Å². The van der Waals surface area contributed by atoms with Crippen LogP contribution in [0.25, 0.3) is 11.1 Å². The van der Waals surface area contributed by atoms with Crippen molar-refractivity contribution in [1.82, 2.24) is 10.6 Å². The molecule has 182 valence electrons. The number of amides is 2. The normalized spacial score (nSPS) is 14.7. The highest BCUT2D eigenvalue weighted by atomic mass is 16.2. The summed E-state index contributed by atoms with van der Waals surface area (Å²) in [6.07, 6.45) is 4.17. The zero-order valence-corrected chi connectivity index (χ0v) is 20.1. The van der Waals surface area contributed by atoms with E-state index in [2.05, 4.69) is 58.4 Å². The third kappa shape index (κ3) is 7.17. The van der Waals surface area contributed by atoms with E-state index in [0.717, 1.165) is 32.2 Å². The number of carbonyl (C=O) groups excluding carboxylic acids is 2. The van der Waals surface area contributed by atoms with Crippen LogP contribution in [0.15, 0.2) is 72.8 Å². The second kappa shape index (κ2) is 12.2. The first-order valence-corrected chi connectivity index (χ1v) is 12.4. The fraction of sp³-hybridized carbons (Fsp3) is 0.310. The lowest BCUT2D eigenvalue weighted by atomic mass is 9.92. The minimum absolute atomic E-state index is 0.0492. The lowest BCUT2D eigenvalue weighted by Gasteiger charge is -2.27. The number of fused-ring (bicyclic) bond motifs is 1. The SMILES string of the molecule is Nc1ccccc1NC(=O)CCCCCC(=O)NCC1Cc2ccc(-c3ccccc3)cc2CN1. The fourth-order valence-electron chi connectivity index (χ4n) is 4.43. The third-order valence-electron chi connectivity index (χ3n) is 6.45. The molecule has 1 aliphatic rings. The van der Waals surface area contributed by atoms with Crippen molar-refractivity contribution in [2.45, 2.75) is 51.1 Å². The van der Waals surface area contributed by atoms with Gasteiger partial charge in [-0.3, -0.25) is 9.59 Å². The fourth-order valence-corrected chi connectivity index (χ4v) is 4.43. The quantitative estimate of drug-likeness (QED) is 0.256. The largest absolute Gasteiger partial charge is 0.397 e. The van der Waals surface area contributed by atoms with Crippen molar-refractivity contribution in [3.8, 4) is 11.1 Å². The zero-order valence-electron chi connectivity index (χ0n) is 20.1. The van der Waals surface area contributed by atoms with Crippen LogP contribution in [0.1, 0.15) is 43.2 Å². The molecule has 1 aliphatic heterocycles. The first kappa shape index (κ1) is 24.5. The number of unbranched alkanes of at least 4 members (excludes halogenated alkanes) is 2. The Hall–Kier alpha value is -3.64. The summed E-state index contributed by atoms with van der Waals surface area (Å²) < 4.78 is 0. The van der Waals surface area contributed by atoms with Gasteiger partial charge in [0.25, 0.3) is 0 Å². The number of para-hydroxylation sites is 2. The molecule has 0 spiro atoms. The Labute approximate surface area is 207 Å². The Morgan fingerprint density at radius 2 is 1.57 bits per heavy atom. The van der Waals surface area contributed by atoms with Gasteiger partial charge in [-0.25, -0.2) is 0 Å². The van der Waals surface area contributed by atoms with Gasteiger partial charge in [-0.2, -0.15) is 0 Å². The number of rotatable bonds is 10. The van der Waals surface area contributed by atoms with Crippen LogP contribution in [-0.4, -0.2) is 24.4 Å². The molecule has 6 heteroatoms. The molecule has 3 aromatic rings. The predicted octanol–water partition coefficient (Wildman–Crippen LogP) is 4.66. The lowest BCUT2D eigenvalue weighted by molar-refractivity contribution is -0.121. The summed E-state index contributed by atoms with van der Waals surface area (Å²) in [4.78, 5) is 24.3. The molecule has 0 aromatic heterocycles. The lowest BCUT2D eigenvalue weighted by Crippen LogP contribution is -2.44. The molecule has 0 saturated heterocycles. The first-order chi connectivity index (χ1) is 17.1. The Kier molecular flexibility index (Phi) is 8.52. The van der Waals surface area contributed by atoms with Gasteiger partial charge in [-0.1, -0.05) is 61.0 Å².